The summed E-state index contributed by atoms with van der Waals surface area (Å²) in [5.74, 6) is 0.293. The molecule has 0 radical (unpaired) electrons. The molecule has 0 spiro atoms. The van der Waals surface area contributed by atoms with Gasteiger partial charge in [0.2, 0.25) is 0 Å². The Morgan fingerprint density at radius 2 is 2.18 bits per heavy atom. The van der Waals surface area contributed by atoms with Gasteiger partial charge in [0.25, 0.3) is 0 Å². The molecular formula is C6H5BrN4. The number of nitrogens with two attached hydrogens (primary N) is 2. The van der Waals surface area contributed by atoms with Crippen LogP contribution in [0.3, 0.4) is 0 Å². The third-order valence-corrected chi connectivity index (χ3v) is 2.04. The predicted molar refractivity (Wildman–Crippen MR) is 45.5 cm³/mol. The number of nitrogens with zero attached hydrogens (tertiary/aromatic N) is 2. The highest BCUT2D eigenvalue weighted by Crippen LogP contribution is 2.26. The maximum Gasteiger partial charge on any atom is 0.139 e. The van der Waals surface area contributed by atoms with Crippen molar-refractivity contribution in [1.82, 2.24) is 4.98 Å². The third-order valence-electron chi connectivity index (χ3n) is 1.20. The second kappa shape index (κ2) is 2.76. The molecule has 0 fully saturated rings. The number of aromatic nitrogens is 1. The Morgan fingerprint density at radius 1 is 1.55 bits per heavy atom. The summed E-state index contributed by atoms with van der Waals surface area (Å²) in [5, 5.41) is 8.50. The summed E-state index contributed by atoms with van der Waals surface area (Å²) in [4.78, 5) is 3.74. The molecule has 0 bridgehead atoms. The summed E-state index contributed by atoms with van der Waals surface area (Å²) in [5.41, 5.74) is 11.6. The van der Waals surface area contributed by atoms with E-state index in [-0.39, 0.29) is 0 Å². The van der Waals surface area contributed by atoms with E-state index in [1.165, 1.54) is 6.20 Å². The van der Waals surface area contributed by atoms with Gasteiger partial charge in [-0.25, -0.2) is 4.98 Å². The van der Waals surface area contributed by atoms with Crippen molar-refractivity contribution in [3.63, 3.8) is 0 Å². The lowest BCUT2D eigenvalue weighted by Crippen LogP contribution is -1.98. The second-order valence-electron chi connectivity index (χ2n) is 1.90. The van der Waals surface area contributed by atoms with Crippen LogP contribution in [0.1, 0.15) is 5.56 Å². The normalized spacial score (nSPS) is 9.09. The maximum absolute atomic E-state index is 8.50. The largest absolute Gasteiger partial charge is 0.397 e. The molecule has 4 nitrogen and oxygen atoms in total. The smallest absolute Gasteiger partial charge is 0.139 e. The van der Waals surface area contributed by atoms with Gasteiger partial charge in [-0.15, -0.1) is 0 Å². The van der Waals surface area contributed by atoms with Crippen molar-refractivity contribution < 1.29 is 0 Å². The molecule has 5 heteroatoms. The Kier molecular flexibility index (Phi) is 1.96. The Morgan fingerprint density at radius 3 is 2.73 bits per heavy atom. The first kappa shape index (κ1) is 7.82. The Labute approximate surface area is 72.0 Å². The van der Waals surface area contributed by atoms with Crippen LogP contribution in [0.25, 0.3) is 0 Å². The molecule has 0 atom stereocenters. The van der Waals surface area contributed by atoms with Crippen LogP contribution in [0, 0.1) is 11.3 Å². The standard InChI is InChI=1S/C6H5BrN4/c7-4-5(9)3(1-8)2-11-6(4)10/h2H,(H4,9,10,11). The van der Waals surface area contributed by atoms with Gasteiger partial charge in [-0.2, -0.15) is 5.26 Å². The topological polar surface area (TPSA) is 88.7 Å². The molecule has 1 aromatic heterocycles. The van der Waals surface area contributed by atoms with Gasteiger partial charge in [0, 0.05) is 6.20 Å². The molecule has 0 saturated carbocycles. The molecule has 0 aliphatic rings. The number of pyridine rings is 1. The molecule has 1 heterocycles. The van der Waals surface area contributed by atoms with E-state index in [1.807, 2.05) is 6.07 Å². The van der Waals surface area contributed by atoms with Gasteiger partial charge in [-0.1, -0.05) is 0 Å². The fourth-order valence-electron chi connectivity index (χ4n) is 0.606. The van der Waals surface area contributed by atoms with Crippen molar-refractivity contribution in [3.05, 3.63) is 16.2 Å². The van der Waals surface area contributed by atoms with E-state index < -0.39 is 0 Å². The van der Waals surface area contributed by atoms with E-state index >= 15 is 0 Å². The van der Waals surface area contributed by atoms with Crippen LogP contribution in [0.2, 0.25) is 0 Å². The Bertz CT molecular complexity index is 328. The Balaban J connectivity index is 3.40. The van der Waals surface area contributed by atoms with Crippen molar-refractivity contribution in [1.29, 1.82) is 5.26 Å². The minimum atomic E-state index is 0.293. The molecule has 1 aromatic rings. The minimum Gasteiger partial charge on any atom is -0.397 e. The van der Waals surface area contributed by atoms with E-state index in [4.69, 9.17) is 16.7 Å². The summed E-state index contributed by atoms with van der Waals surface area (Å²) in [7, 11) is 0. The summed E-state index contributed by atoms with van der Waals surface area (Å²) < 4.78 is 0.483. The van der Waals surface area contributed by atoms with E-state index in [0.29, 0.717) is 21.5 Å². The minimum absolute atomic E-state index is 0.293. The molecule has 56 valence electrons. The van der Waals surface area contributed by atoms with Gasteiger partial charge in [0.1, 0.15) is 11.9 Å². The lowest BCUT2D eigenvalue weighted by atomic mass is 10.2. The van der Waals surface area contributed by atoms with Crippen LogP contribution in [0.4, 0.5) is 11.5 Å². The number of nitrogen functional groups attached to an aromatic ring is 2. The molecule has 0 saturated heterocycles. The van der Waals surface area contributed by atoms with E-state index in [1.54, 1.807) is 0 Å². The van der Waals surface area contributed by atoms with Gasteiger partial charge >= 0.3 is 0 Å². The zero-order valence-corrected chi connectivity index (χ0v) is 7.09. The molecule has 1 rings (SSSR count). The first-order chi connectivity index (χ1) is 5.16. The Hall–Kier alpha value is -1.28. The number of nitriles is 1. The average Bonchev–Trinajstić information content (AvgIpc) is 2.01. The van der Waals surface area contributed by atoms with E-state index in [0.717, 1.165) is 0 Å². The van der Waals surface area contributed by atoms with Crippen LogP contribution in [-0.4, -0.2) is 4.98 Å². The summed E-state index contributed by atoms with van der Waals surface area (Å²) >= 11 is 3.11. The fourth-order valence-corrected chi connectivity index (χ4v) is 0.922. The molecular weight excluding hydrogens is 208 g/mol. The lowest BCUT2D eigenvalue weighted by Gasteiger charge is -2.01. The number of anilines is 2. The fraction of sp³-hybridized carbons (Fsp3) is 0. The van der Waals surface area contributed by atoms with Crippen LogP contribution >= 0.6 is 15.9 Å². The highest BCUT2D eigenvalue weighted by Gasteiger charge is 2.05. The van der Waals surface area contributed by atoms with Gasteiger partial charge in [0.15, 0.2) is 0 Å². The van der Waals surface area contributed by atoms with Crippen molar-refractivity contribution in [2.45, 2.75) is 0 Å². The van der Waals surface area contributed by atoms with Gasteiger partial charge in [-0.3, -0.25) is 0 Å². The van der Waals surface area contributed by atoms with Gasteiger partial charge in [0.05, 0.1) is 15.7 Å². The van der Waals surface area contributed by atoms with Crippen LogP contribution in [-0.2, 0) is 0 Å². The number of halogens is 1. The summed E-state index contributed by atoms with van der Waals surface area (Å²) in [6.45, 7) is 0. The van der Waals surface area contributed by atoms with Gasteiger partial charge in [-0.05, 0) is 15.9 Å². The lowest BCUT2D eigenvalue weighted by molar-refractivity contribution is 1.30. The van der Waals surface area contributed by atoms with Crippen molar-refractivity contribution in [3.8, 4) is 6.07 Å². The zero-order valence-electron chi connectivity index (χ0n) is 5.50. The SMILES string of the molecule is N#Cc1cnc(N)c(Br)c1N. The molecule has 0 amide bonds. The van der Waals surface area contributed by atoms with E-state index in [2.05, 4.69) is 20.9 Å². The highest BCUT2D eigenvalue weighted by molar-refractivity contribution is 9.10. The molecule has 0 aliphatic carbocycles. The quantitative estimate of drug-likeness (QED) is 0.669. The van der Waals surface area contributed by atoms with Crippen molar-refractivity contribution in [2.75, 3.05) is 11.5 Å². The van der Waals surface area contributed by atoms with Crippen molar-refractivity contribution >= 4 is 27.4 Å². The molecule has 0 aromatic carbocycles. The maximum atomic E-state index is 8.50. The zero-order chi connectivity index (χ0) is 8.43. The molecule has 11 heavy (non-hydrogen) atoms. The molecule has 0 unspecified atom stereocenters. The monoisotopic (exact) mass is 212 g/mol. The number of hydrogen-bond donors (Lipinski definition) is 2. The highest BCUT2D eigenvalue weighted by atomic mass is 79.9. The van der Waals surface area contributed by atoms with Crippen LogP contribution in [0.5, 0.6) is 0 Å². The number of hydrogen-bond acceptors (Lipinski definition) is 4. The summed E-state index contributed by atoms with van der Waals surface area (Å²) in [6.07, 6.45) is 1.34. The molecule has 0 aliphatic heterocycles. The van der Waals surface area contributed by atoms with Crippen LogP contribution < -0.4 is 11.5 Å². The first-order valence-electron chi connectivity index (χ1n) is 2.76. The predicted octanol–water partition coefficient (Wildman–Crippen LogP) is 0.880. The second-order valence-corrected chi connectivity index (χ2v) is 2.69. The van der Waals surface area contributed by atoms with Crippen molar-refractivity contribution in [2.24, 2.45) is 0 Å². The first-order valence-corrected chi connectivity index (χ1v) is 3.55. The van der Waals surface area contributed by atoms with E-state index in [9.17, 15) is 0 Å². The average molecular weight is 213 g/mol. The number of rotatable bonds is 0. The van der Waals surface area contributed by atoms with Crippen LogP contribution in [0.15, 0.2) is 10.7 Å². The summed E-state index contributed by atoms with van der Waals surface area (Å²) in [6, 6.07) is 1.89. The molecule has 4 N–H and O–H groups in total. The van der Waals surface area contributed by atoms with Gasteiger partial charge < -0.3 is 11.5 Å². The third kappa shape index (κ3) is 1.25.